The Morgan fingerprint density at radius 1 is 1.13 bits per heavy atom. The van der Waals surface area contributed by atoms with Gasteiger partial charge < -0.3 is 9.80 Å². The minimum Gasteiger partial charge on any atom is -0.336 e. The average molecular weight is 339 g/mol. The van der Waals surface area contributed by atoms with Gasteiger partial charge in [0.25, 0.3) is 5.91 Å². The van der Waals surface area contributed by atoms with Gasteiger partial charge in [-0.2, -0.15) is 4.31 Å². The van der Waals surface area contributed by atoms with Crippen LogP contribution in [-0.2, 0) is 10.0 Å². The summed E-state index contributed by atoms with van der Waals surface area (Å²) in [6, 6.07) is 6.37. The number of nitrogens with zero attached hydrogens (tertiary/aromatic N) is 3. The normalized spacial score (nSPS) is 16.8. The molecule has 1 fully saturated rings. The van der Waals surface area contributed by atoms with Crippen molar-refractivity contribution in [2.24, 2.45) is 0 Å². The second-order valence-electron chi connectivity index (χ2n) is 5.71. The van der Waals surface area contributed by atoms with Crippen molar-refractivity contribution in [3.8, 4) is 0 Å². The molecule has 0 N–H and O–H groups in total. The highest BCUT2D eigenvalue weighted by Gasteiger charge is 2.24. The Morgan fingerprint density at radius 3 is 2.30 bits per heavy atom. The van der Waals surface area contributed by atoms with E-state index in [0.717, 1.165) is 13.1 Å². The molecule has 0 unspecified atom stereocenters. The molecule has 7 heteroatoms. The highest BCUT2D eigenvalue weighted by molar-refractivity contribution is 7.89. The predicted molar refractivity (Wildman–Crippen MR) is 89.9 cm³/mol. The Balaban J connectivity index is 2.24. The van der Waals surface area contributed by atoms with Gasteiger partial charge in [0.15, 0.2) is 0 Å². The highest BCUT2D eigenvalue weighted by Crippen LogP contribution is 2.18. The minimum atomic E-state index is -3.54. The zero-order valence-corrected chi connectivity index (χ0v) is 14.8. The van der Waals surface area contributed by atoms with Crippen LogP contribution in [0.1, 0.15) is 24.2 Å². The first kappa shape index (κ1) is 17.9. The number of carbonyl (C=O) groups is 1. The number of amides is 1. The average Bonchev–Trinajstić information content (AvgIpc) is 2.56. The summed E-state index contributed by atoms with van der Waals surface area (Å²) >= 11 is 0. The van der Waals surface area contributed by atoms with Crippen LogP contribution in [0.3, 0.4) is 0 Å². The zero-order valence-electron chi connectivity index (χ0n) is 14.0. The molecule has 0 aromatic heterocycles. The fourth-order valence-corrected chi connectivity index (χ4v) is 4.20. The lowest BCUT2D eigenvalue weighted by atomic mass is 10.2. The fraction of sp³-hybridized carbons (Fsp3) is 0.562. The van der Waals surface area contributed by atoms with E-state index in [9.17, 15) is 13.2 Å². The summed E-state index contributed by atoms with van der Waals surface area (Å²) in [5.41, 5.74) is 0.433. The molecule has 1 saturated heterocycles. The van der Waals surface area contributed by atoms with Gasteiger partial charge >= 0.3 is 0 Å². The van der Waals surface area contributed by atoms with E-state index in [0.29, 0.717) is 31.7 Å². The number of hydrogen-bond acceptors (Lipinski definition) is 4. The van der Waals surface area contributed by atoms with E-state index in [2.05, 4.69) is 4.90 Å². The smallest absolute Gasteiger partial charge is 0.253 e. The molecule has 1 aromatic rings. The van der Waals surface area contributed by atoms with E-state index < -0.39 is 10.0 Å². The molecule has 0 bridgehead atoms. The van der Waals surface area contributed by atoms with Gasteiger partial charge in [0.2, 0.25) is 10.0 Å². The third-order valence-electron chi connectivity index (χ3n) is 4.21. The van der Waals surface area contributed by atoms with Crippen LogP contribution in [0.25, 0.3) is 0 Å². The number of rotatable bonds is 5. The van der Waals surface area contributed by atoms with Crippen molar-refractivity contribution >= 4 is 15.9 Å². The molecule has 128 valence electrons. The SMILES string of the molecule is CCN(CC)S(=O)(=O)c1cccc(C(=O)N2CCN(C)CC2)c1. The van der Waals surface area contributed by atoms with Gasteiger partial charge in [-0.25, -0.2) is 8.42 Å². The van der Waals surface area contributed by atoms with E-state index in [1.165, 1.54) is 10.4 Å². The number of hydrogen-bond donors (Lipinski definition) is 0. The van der Waals surface area contributed by atoms with Gasteiger partial charge in [-0.1, -0.05) is 19.9 Å². The van der Waals surface area contributed by atoms with E-state index >= 15 is 0 Å². The van der Waals surface area contributed by atoms with Crippen molar-refractivity contribution in [1.29, 1.82) is 0 Å². The van der Waals surface area contributed by atoms with Crippen LogP contribution < -0.4 is 0 Å². The minimum absolute atomic E-state index is 0.102. The molecule has 0 aliphatic carbocycles. The molecule has 0 saturated carbocycles. The molecule has 6 nitrogen and oxygen atoms in total. The summed E-state index contributed by atoms with van der Waals surface area (Å²) in [6.07, 6.45) is 0. The van der Waals surface area contributed by atoms with Crippen LogP contribution in [0, 0.1) is 0 Å². The maximum absolute atomic E-state index is 12.6. The van der Waals surface area contributed by atoms with E-state index in [1.54, 1.807) is 36.9 Å². The topological polar surface area (TPSA) is 60.9 Å². The van der Waals surface area contributed by atoms with Crippen LogP contribution in [0.15, 0.2) is 29.2 Å². The molecule has 1 aliphatic heterocycles. The first-order valence-corrected chi connectivity index (χ1v) is 9.42. The van der Waals surface area contributed by atoms with Gasteiger partial charge in [0.05, 0.1) is 4.90 Å². The first-order valence-electron chi connectivity index (χ1n) is 7.98. The quantitative estimate of drug-likeness (QED) is 0.806. The van der Waals surface area contributed by atoms with Crippen LogP contribution in [-0.4, -0.2) is 74.7 Å². The maximum atomic E-state index is 12.6. The molecule has 0 radical (unpaired) electrons. The maximum Gasteiger partial charge on any atom is 0.253 e. The monoisotopic (exact) mass is 339 g/mol. The third kappa shape index (κ3) is 3.91. The summed E-state index contributed by atoms with van der Waals surface area (Å²) in [6.45, 7) is 7.45. The van der Waals surface area contributed by atoms with Gasteiger partial charge in [0.1, 0.15) is 0 Å². The van der Waals surface area contributed by atoms with Crippen LogP contribution in [0.2, 0.25) is 0 Å². The summed E-state index contributed by atoms with van der Waals surface area (Å²) in [5.74, 6) is -0.102. The molecule has 1 heterocycles. The zero-order chi connectivity index (χ0) is 17.0. The van der Waals surface area contributed by atoms with Crippen LogP contribution in [0.4, 0.5) is 0 Å². The lowest BCUT2D eigenvalue weighted by Crippen LogP contribution is -2.47. The second-order valence-corrected chi connectivity index (χ2v) is 7.65. The van der Waals surface area contributed by atoms with Gasteiger partial charge in [-0.3, -0.25) is 4.79 Å². The molecule has 0 atom stereocenters. The van der Waals surface area contributed by atoms with Crippen molar-refractivity contribution in [1.82, 2.24) is 14.1 Å². The van der Waals surface area contributed by atoms with E-state index in [1.807, 2.05) is 7.05 Å². The van der Waals surface area contributed by atoms with Crippen LogP contribution >= 0.6 is 0 Å². The van der Waals surface area contributed by atoms with Crippen molar-refractivity contribution in [2.45, 2.75) is 18.7 Å². The fourth-order valence-electron chi connectivity index (χ4n) is 2.69. The number of piperazine rings is 1. The van der Waals surface area contributed by atoms with Crippen LogP contribution in [0.5, 0.6) is 0 Å². The number of benzene rings is 1. The molecular weight excluding hydrogens is 314 g/mol. The summed E-state index contributed by atoms with van der Waals surface area (Å²) in [4.78, 5) is 16.7. The molecule has 23 heavy (non-hydrogen) atoms. The third-order valence-corrected chi connectivity index (χ3v) is 6.26. The Bertz CT molecular complexity index is 648. The number of likely N-dealkylation sites (N-methyl/N-ethyl adjacent to an activating group) is 1. The standard InChI is InChI=1S/C16H25N3O3S/c1-4-19(5-2)23(21,22)15-8-6-7-14(13-15)16(20)18-11-9-17(3)10-12-18/h6-8,13H,4-5,9-12H2,1-3H3. The van der Waals surface area contributed by atoms with Crippen molar-refractivity contribution < 1.29 is 13.2 Å². The Morgan fingerprint density at radius 2 is 1.74 bits per heavy atom. The van der Waals surface area contributed by atoms with Crippen molar-refractivity contribution in [3.05, 3.63) is 29.8 Å². The Labute approximate surface area is 138 Å². The summed E-state index contributed by atoms with van der Waals surface area (Å²) in [7, 11) is -1.52. The van der Waals surface area contributed by atoms with Gasteiger partial charge in [-0.15, -0.1) is 0 Å². The van der Waals surface area contributed by atoms with E-state index in [4.69, 9.17) is 0 Å². The first-order chi connectivity index (χ1) is 10.9. The molecular formula is C16H25N3O3S. The molecule has 2 rings (SSSR count). The van der Waals surface area contributed by atoms with Gasteiger partial charge in [-0.05, 0) is 25.2 Å². The molecule has 0 spiro atoms. The molecule has 1 amide bonds. The second kappa shape index (κ2) is 7.42. The Hall–Kier alpha value is -1.44. The summed E-state index contributed by atoms with van der Waals surface area (Å²) < 4.78 is 26.6. The molecule has 1 aliphatic rings. The Kier molecular flexibility index (Phi) is 5.78. The number of sulfonamides is 1. The number of carbonyl (C=O) groups excluding carboxylic acids is 1. The van der Waals surface area contributed by atoms with Crippen molar-refractivity contribution in [2.75, 3.05) is 46.3 Å². The van der Waals surface area contributed by atoms with E-state index in [-0.39, 0.29) is 10.8 Å². The van der Waals surface area contributed by atoms with Gasteiger partial charge in [0, 0.05) is 44.8 Å². The van der Waals surface area contributed by atoms with Crippen molar-refractivity contribution in [3.63, 3.8) is 0 Å². The lowest BCUT2D eigenvalue weighted by Gasteiger charge is -2.32. The predicted octanol–water partition coefficient (Wildman–Crippen LogP) is 1.10. The lowest BCUT2D eigenvalue weighted by molar-refractivity contribution is 0.0664. The highest BCUT2D eigenvalue weighted by atomic mass is 32.2. The summed E-state index contributed by atoms with van der Waals surface area (Å²) in [5, 5.41) is 0. The molecule has 1 aromatic carbocycles. The largest absolute Gasteiger partial charge is 0.336 e.